The van der Waals surface area contributed by atoms with Crippen LogP contribution in [0, 0.1) is 20.8 Å². The fourth-order valence-corrected chi connectivity index (χ4v) is 6.03. The van der Waals surface area contributed by atoms with Crippen molar-refractivity contribution in [3.05, 3.63) is 96.0 Å². The summed E-state index contributed by atoms with van der Waals surface area (Å²) in [6.45, 7) is 6.58. The van der Waals surface area contributed by atoms with Crippen LogP contribution in [0.3, 0.4) is 0 Å². The predicted molar refractivity (Wildman–Crippen MR) is 133 cm³/mol. The van der Waals surface area contributed by atoms with Gasteiger partial charge in [-0.1, -0.05) is 42.3 Å². The maximum absolute atomic E-state index is 13.8. The number of fused-ring (bicyclic) bond motifs is 3. The SMILES string of the molecule is Cc1ccc(Cn2c(=O)n(-c3ccc(C)c(C)c3)c(=O)c3c4c(sc32)CCCCC4)cc1. The van der Waals surface area contributed by atoms with Gasteiger partial charge in [0, 0.05) is 4.88 Å². The van der Waals surface area contributed by atoms with Gasteiger partial charge in [0.2, 0.25) is 0 Å². The fraction of sp³-hybridized carbons (Fsp3) is 0.333. The van der Waals surface area contributed by atoms with Crippen LogP contribution < -0.4 is 11.2 Å². The third-order valence-corrected chi connectivity index (χ3v) is 8.01. The largest absolute Gasteiger partial charge is 0.337 e. The second-order valence-electron chi connectivity index (χ2n) is 9.01. The molecule has 0 atom stereocenters. The van der Waals surface area contributed by atoms with Crippen molar-refractivity contribution in [2.75, 3.05) is 0 Å². The van der Waals surface area contributed by atoms with E-state index in [0.717, 1.165) is 52.6 Å². The summed E-state index contributed by atoms with van der Waals surface area (Å²) < 4.78 is 3.21. The number of hydrogen-bond acceptors (Lipinski definition) is 3. The van der Waals surface area contributed by atoms with E-state index in [2.05, 4.69) is 31.2 Å². The van der Waals surface area contributed by atoms with Crippen LogP contribution in [0.25, 0.3) is 15.9 Å². The monoisotopic (exact) mass is 444 g/mol. The van der Waals surface area contributed by atoms with Gasteiger partial charge in [0.15, 0.2) is 0 Å². The molecule has 4 aromatic rings. The molecule has 0 unspecified atom stereocenters. The molecule has 5 rings (SSSR count). The number of hydrogen-bond donors (Lipinski definition) is 0. The van der Waals surface area contributed by atoms with E-state index in [-0.39, 0.29) is 11.2 Å². The minimum atomic E-state index is -0.261. The van der Waals surface area contributed by atoms with Crippen LogP contribution in [-0.2, 0) is 19.4 Å². The average Bonchev–Trinajstić information content (AvgIpc) is 2.98. The van der Waals surface area contributed by atoms with Gasteiger partial charge >= 0.3 is 5.69 Å². The second-order valence-corrected chi connectivity index (χ2v) is 10.1. The van der Waals surface area contributed by atoms with Gasteiger partial charge in [-0.2, -0.15) is 0 Å². The molecule has 0 aliphatic heterocycles. The van der Waals surface area contributed by atoms with Gasteiger partial charge in [-0.15, -0.1) is 11.3 Å². The third-order valence-electron chi connectivity index (χ3n) is 6.70. The lowest BCUT2D eigenvalue weighted by molar-refractivity contribution is 0.708. The van der Waals surface area contributed by atoms with Crippen molar-refractivity contribution >= 4 is 21.6 Å². The van der Waals surface area contributed by atoms with Crippen molar-refractivity contribution < 1.29 is 0 Å². The van der Waals surface area contributed by atoms with Crippen molar-refractivity contribution in [2.45, 2.75) is 59.4 Å². The Bertz CT molecular complexity index is 1440. The topological polar surface area (TPSA) is 44.0 Å². The summed E-state index contributed by atoms with van der Waals surface area (Å²) in [5, 5.41) is 0.747. The molecule has 0 radical (unpaired) electrons. The Labute approximate surface area is 191 Å². The molecule has 0 amide bonds. The summed E-state index contributed by atoms with van der Waals surface area (Å²) in [6.07, 6.45) is 5.35. The summed E-state index contributed by atoms with van der Waals surface area (Å²) in [7, 11) is 0. The second kappa shape index (κ2) is 8.21. The zero-order valence-electron chi connectivity index (χ0n) is 18.9. The number of rotatable bonds is 3. The zero-order chi connectivity index (χ0) is 22.4. The molecule has 5 heteroatoms. The van der Waals surface area contributed by atoms with Gasteiger partial charge < -0.3 is 0 Å². The van der Waals surface area contributed by atoms with Gasteiger partial charge in [-0.25, -0.2) is 9.36 Å². The highest BCUT2D eigenvalue weighted by atomic mass is 32.1. The first-order valence-electron chi connectivity index (χ1n) is 11.4. The van der Waals surface area contributed by atoms with Crippen LogP contribution in [0.5, 0.6) is 0 Å². The van der Waals surface area contributed by atoms with E-state index in [1.54, 1.807) is 11.3 Å². The van der Waals surface area contributed by atoms with Crippen LogP contribution in [-0.4, -0.2) is 9.13 Å². The number of nitrogens with zero attached hydrogens (tertiary/aromatic N) is 2. The maximum atomic E-state index is 13.8. The minimum Gasteiger partial charge on any atom is -0.280 e. The van der Waals surface area contributed by atoms with Gasteiger partial charge in [0.1, 0.15) is 4.83 Å². The molecule has 0 saturated carbocycles. The van der Waals surface area contributed by atoms with Crippen LogP contribution >= 0.6 is 11.3 Å². The molecular formula is C27H28N2O2S. The third kappa shape index (κ3) is 3.55. The quantitative estimate of drug-likeness (QED) is 0.394. The van der Waals surface area contributed by atoms with Gasteiger partial charge in [-0.05, 0) is 80.8 Å². The minimum absolute atomic E-state index is 0.173. The molecule has 164 valence electrons. The molecule has 2 aromatic heterocycles. The highest BCUT2D eigenvalue weighted by molar-refractivity contribution is 7.18. The number of thiophene rings is 1. The molecule has 2 aromatic carbocycles. The molecule has 1 aliphatic carbocycles. The van der Waals surface area contributed by atoms with Crippen molar-refractivity contribution in [3.8, 4) is 5.69 Å². The zero-order valence-corrected chi connectivity index (χ0v) is 19.7. The van der Waals surface area contributed by atoms with E-state index < -0.39 is 0 Å². The summed E-state index contributed by atoms with van der Waals surface area (Å²) >= 11 is 1.65. The highest BCUT2D eigenvalue weighted by Crippen LogP contribution is 2.34. The van der Waals surface area contributed by atoms with Gasteiger partial charge in [0.25, 0.3) is 5.56 Å². The van der Waals surface area contributed by atoms with Crippen LogP contribution in [0.15, 0.2) is 52.1 Å². The Morgan fingerprint density at radius 2 is 1.62 bits per heavy atom. The Morgan fingerprint density at radius 3 is 2.38 bits per heavy atom. The first kappa shape index (κ1) is 21.0. The smallest absolute Gasteiger partial charge is 0.280 e. The van der Waals surface area contributed by atoms with Gasteiger partial charge in [-0.3, -0.25) is 9.36 Å². The highest BCUT2D eigenvalue weighted by Gasteiger charge is 2.23. The summed E-state index contributed by atoms with van der Waals surface area (Å²) in [5.41, 5.74) is 5.85. The average molecular weight is 445 g/mol. The lowest BCUT2D eigenvalue weighted by atomic mass is 10.1. The van der Waals surface area contributed by atoms with Crippen LogP contribution in [0.2, 0.25) is 0 Å². The van der Waals surface area contributed by atoms with E-state index in [1.807, 2.05) is 36.6 Å². The van der Waals surface area contributed by atoms with E-state index in [4.69, 9.17) is 0 Å². The van der Waals surface area contributed by atoms with Crippen LogP contribution in [0.4, 0.5) is 0 Å². The lowest BCUT2D eigenvalue weighted by Crippen LogP contribution is -2.39. The molecule has 0 fully saturated rings. The summed E-state index contributed by atoms with van der Waals surface area (Å²) in [5.74, 6) is 0. The lowest BCUT2D eigenvalue weighted by Gasteiger charge is -2.14. The molecule has 0 bridgehead atoms. The predicted octanol–water partition coefficient (Wildman–Crippen LogP) is 5.46. The fourth-order valence-electron chi connectivity index (χ4n) is 4.65. The van der Waals surface area contributed by atoms with Crippen molar-refractivity contribution in [2.24, 2.45) is 0 Å². The molecule has 0 N–H and O–H groups in total. The van der Waals surface area contributed by atoms with E-state index in [9.17, 15) is 9.59 Å². The Kier molecular flexibility index (Phi) is 5.38. The normalized spacial score (nSPS) is 13.8. The van der Waals surface area contributed by atoms with E-state index in [0.29, 0.717) is 12.2 Å². The molecule has 2 heterocycles. The first-order valence-corrected chi connectivity index (χ1v) is 12.2. The molecule has 0 saturated heterocycles. The molecule has 1 aliphatic rings. The van der Waals surface area contributed by atoms with Crippen molar-refractivity contribution in [1.29, 1.82) is 0 Å². The van der Waals surface area contributed by atoms with Crippen LogP contribution in [0.1, 0.15) is 52.0 Å². The number of aromatic nitrogens is 2. The summed E-state index contributed by atoms with van der Waals surface area (Å²) in [6, 6.07) is 14.1. The molecule has 4 nitrogen and oxygen atoms in total. The number of aryl methyl sites for hydroxylation is 5. The Morgan fingerprint density at radius 1 is 0.875 bits per heavy atom. The summed E-state index contributed by atoms with van der Waals surface area (Å²) in [4.78, 5) is 29.7. The maximum Gasteiger partial charge on any atom is 0.337 e. The molecule has 0 spiro atoms. The van der Waals surface area contributed by atoms with Crippen molar-refractivity contribution in [1.82, 2.24) is 9.13 Å². The molecule has 32 heavy (non-hydrogen) atoms. The van der Waals surface area contributed by atoms with Gasteiger partial charge in [0.05, 0.1) is 17.6 Å². The molecular weight excluding hydrogens is 416 g/mol. The Hall–Kier alpha value is -2.92. The number of benzene rings is 2. The first-order chi connectivity index (χ1) is 15.4. The van der Waals surface area contributed by atoms with Crippen molar-refractivity contribution in [3.63, 3.8) is 0 Å². The van der Waals surface area contributed by atoms with E-state index >= 15 is 0 Å². The standard InChI is InChI=1S/C27H28N2O2S/c1-17-9-12-20(13-10-17)16-28-26-24(22-7-5-4-6-8-23(22)32-26)25(30)29(27(28)31)21-14-11-18(2)19(3)15-21/h9-15H,4-8,16H2,1-3H3. The van der Waals surface area contributed by atoms with E-state index in [1.165, 1.54) is 27.0 Å². The Balaban J connectivity index is 1.82.